The molecule has 0 spiro atoms. The number of carbonyl (C=O) groups excluding carboxylic acids is 1. The minimum atomic E-state index is -0.0345. The highest BCUT2D eigenvalue weighted by Crippen LogP contribution is 2.20. The van der Waals surface area contributed by atoms with Crippen LogP contribution in [0.25, 0.3) is 5.52 Å². The van der Waals surface area contributed by atoms with E-state index in [9.17, 15) is 4.79 Å². The molecule has 3 heterocycles. The Hall–Kier alpha value is -1.88. The number of rotatable bonds is 6. The van der Waals surface area contributed by atoms with E-state index in [0.717, 1.165) is 17.8 Å². The zero-order valence-electron chi connectivity index (χ0n) is 13.3. The first kappa shape index (κ1) is 15.0. The third-order valence-corrected chi connectivity index (χ3v) is 4.16. The van der Waals surface area contributed by atoms with Crippen molar-refractivity contribution >= 4 is 11.3 Å². The summed E-state index contributed by atoms with van der Waals surface area (Å²) >= 11 is 0. The zero-order chi connectivity index (χ0) is 15.5. The Morgan fingerprint density at radius 3 is 2.86 bits per heavy atom. The Balaban J connectivity index is 1.71. The molecule has 0 saturated carbocycles. The van der Waals surface area contributed by atoms with Gasteiger partial charge in [-0.3, -0.25) is 9.69 Å². The van der Waals surface area contributed by atoms with Gasteiger partial charge in [0, 0.05) is 24.7 Å². The highest BCUT2D eigenvalue weighted by Gasteiger charge is 2.16. The van der Waals surface area contributed by atoms with E-state index in [0.29, 0.717) is 12.2 Å². The fraction of sp³-hybridized carbons (Fsp3) is 0.529. The number of aromatic nitrogens is 2. The van der Waals surface area contributed by atoms with Gasteiger partial charge in [-0.05, 0) is 32.0 Å². The van der Waals surface area contributed by atoms with E-state index < -0.39 is 0 Å². The molecule has 1 aliphatic rings. The smallest absolute Gasteiger partial charge is 0.169 e. The monoisotopic (exact) mass is 301 g/mol. The fourth-order valence-electron chi connectivity index (χ4n) is 2.85. The Morgan fingerprint density at radius 2 is 2.14 bits per heavy atom. The average molecular weight is 301 g/mol. The lowest BCUT2D eigenvalue weighted by molar-refractivity contribution is 0.0941. The van der Waals surface area contributed by atoms with Crippen LogP contribution in [-0.4, -0.2) is 46.5 Å². The number of hydrogen-bond acceptors (Lipinski definition) is 4. The van der Waals surface area contributed by atoms with Gasteiger partial charge in [0.25, 0.3) is 0 Å². The van der Waals surface area contributed by atoms with Gasteiger partial charge >= 0.3 is 0 Å². The molecule has 2 aromatic rings. The number of Topliss-reactive ketones (excluding diaryl/α,β-unsaturated/α-hetero) is 1. The maximum absolute atomic E-state index is 12.2. The van der Waals surface area contributed by atoms with Gasteiger partial charge in [0.05, 0.1) is 17.3 Å². The minimum Gasteiger partial charge on any atom is -0.492 e. The van der Waals surface area contributed by atoms with Crippen molar-refractivity contribution in [2.24, 2.45) is 5.92 Å². The SMILES string of the molecule is CC(C)C(=O)c1cnn2ccc(OCCN3CCCC3)cc12. The molecule has 0 radical (unpaired) electrons. The lowest BCUT2D eigenvalue weighted by Crippen LogP contribution is -2.25. The highest BCUT2D eigenvalue weighted by molar-refractivity contribution is 6.03. The van der Waals surface area contributed by atoms with Crippen LogP contribution in [0.15, 0.2) is 24.5 Å². The van der Waals surface area contributed by atoms with Crippen LogP contribution in [0, 0.1) is 5.92 Å². The van der Waals surface area contributed by atoms with Crippen molar-refractivity contribution in [1.29, 1.82) is 0 Å². The standard InChI is InChI=1S/C17H23N3O2/c1-13(2)17(21)15-12-18-20-8-5-14(11-16(15)20)22-10-9-19-6-3-4-7-19/h5,8,11-13H,3-4,6-7,9-10H2,1-2H3. The number of fused-ring (bicyclic) bond motifs is 1. The zero-order valence-corrected chi connectivity index (χ0v) is 13.3. The number of carbonyl (C=O) groups is 1. The summed E-state index contributed by atoms with van der Waals surface area (Å²) in [7, 11) is 0. The highest BCUT2D eigenvalue weighted by atomic mass is 16.5. The van der Waals surface area contributed by atoms with E-state index in [1.165, 1.54) is 25.9 Å². The lowest BCUT2D eigenvalue weighted by atomic mass is 10.0. The van der Waals surface area contributed by atoms with Gasteiger partial charge in [0.1, 0.15) is 12.4 Å². The second-order valence-electron chi connectivity index (χ2n) is 6.17. The number of likely N-dealkylation sites (tertiary alicyclic amines) is 1. The first-order valence-corrected chi connectivity index (χ1v) is 8.02. The summed E-state index contributed by atoms with van der Waals surface area (Å²) in [6, 6.07) is 3.81. The van der Waals surface area contributed by atoms with Crippen molar-refractivity contribution in [3.05, 3.63) is 30.1 Å². The van der Waals surface area contributed by atoms with Crippen molar-refractivity contribution < 1.29 is 9.53 Å². The molecule has 0 aromatic carbocycles. The maximum Gasteiger partial charge on any atom is 0.169 e. The van der Waals surface area contributed by atoms with Crippen LogP contribution in [-0.2, 0) is 0 Å². The third kappa shape index (κ3) is 3.14. The normalized spacial score (nSPS) is 15.8. The molecule has 0 unspecified atom stereocenters. The summed E-state index contributed by atoms with van der Waals surface area (Å²) in [4.78, 5) is 14.6. The summed E-state index contributed by atoms with van der Waals surface area (Å²) in [6.07, 6.45) is 6.08. The Labute approximate surface area is 130 Å². The van der Waals surface area contributed by atoms with Crippen LogP contribution in [0.3, 0.4) is 0 Å². The van der Waals surface area contributed by atoms with E-state index >= 15 is 0 Å². The van der Waals surface area contributed by atoms with Gasteiger partial charge in [0.15, 0.2) is 5.78 Å². The molecule has 0 amide bonds. The average Bonchev–Trinajstić information content (AvgIpc) is 3.15. The van der Waals surface area contributed by atoms with Crippen LogP contribution in [0.4, 0.5) is 0 Å². The number of nitrogens with zero attached hydrogens (tertiary/aromatic N) is 3. The number of ether oxygens (including phenoxy) is 1. The minimum absolute atomic E-state index is 0.0345. The molecule has 0 aliphatic carbocycles. The first-order chi connectivity index (χ1) is 10.6. The van der Waals surface area contributed by atoms with Gasteiger partial charge in [-0.25, -0.2) is 4.52 Å². The van der Waals surface area contributed by atoms with Crippen LogP contribution in [0.5, 0.6) is 5.75 Å². The quantitative estimate of drug-likeness (QED) is 0.770. The molecule has 3 rings (SSSR count). The van der Waals surface area contributed by atoms with E-state index in [1.807, 2.05) is 32.2 Å². The van der Waals surface area contributed by atoms with Crippen molar-refractivity contribution in [3.8, 4) is 5.75 Å². The molecule has 1 aliphatic heterocycles. The molecular weight excluding hydrogens is 278 g/mol. The van der Waals surface area contributed by atoms with E-state index in [4.69, 9.17) is 4.74 Å². The molecule has 5 nitrogen and oxygen atoms in total. The van der Waals surface area contributed by atoms with E-state index in [-0.39, 0.29) is 11.7 Å². The number of hydrogen-bond donors (Lipinski definition) is 0. The van der Waals surface area contributed by atoms with Crippen molar-refractivity contribution in [1.82, 2.24) is 14.5 Å². The van der Waals surface area contributed by atoms with Gasteiger partial charge in [-0.15, -0.1) is 0 Å². The van der Waals surface area contributed by atoms with Crippen LogP contribution >= 0.6 is 0 Å². The molecule has 0 bridgehead atoms. The Kier molecular flexibility index (Phi) is 4.43. The molecule has 1 fully saturated rings. The first-order valence-electron chi connectivity index (χ1n) is 8.02. The number of ketones is 1. The van der Waals surface area contributed by atoms with Gasteiger partial charge in [-0.2, -0.15) is 5.10 Å². The van der Waals surface area contributed by atoms with Gasteiger partial charge < -0.3 is 4.74 Å². The molecule has 118 valence electrons. The summed E-state index contributed by atoms with van der Waals surface area (Å²) in [6.45, 7) is 7.81. The van der Waals surface area contributed by atoms with Crippen molar-refractivity contribution in [2.45, 2.75) is 26.7 Å². The predicted molar refractivity (Wildman–Crippen MR) is 85.5 cm³/mol. The molecular formula is C17H23N3O2. The number of pyridine rings is 1. The summed E-state index contributed by atoms with van der Waals surface area (Å²) in [5.74, 6) is 0.877. The topological polar surface area (TPSA) is 46.8 Å². The van der Waals surface area contributed by atoms with Crippen molar-refractivity contribution in [3.63, 3.8) is 0 Å². The van der Waals surface area contributed by atoms with Gasteiger partial charge in [-0.1, -0.05) is 13.8 Å². The van der Waals surface area contributed by atoms with E-state index in [2.05, 4.69) is 10.00 Å². The molecule has 2 aromatic heterocycles. The fourth-order valence-corrected chi connectivity index (χ4v) is 2.85. The van der Waals surface area contributed by atoms with Gasteiger partial charge in [0.2, 0.25) is 0 Å². The molecule has 22 heavy (non-hydrogen) atoms. The van der Waals surface area contributed by atoms with Crippen LogP contribution in [0.2, 0.25) is 0 Å². The largest absolute Gasteiger partial charge is 0.492 e. The Bertz CT molecular complexity index is 657. The van der Waals surface area contributed by atoms with Crippen LogP contribution in [0.1, 0.15) is 37.0 Å². The Morgan fingerprint density at radius 1 is 1.36 bits per heavy atom. The van der Waals surface area contributed by atoms with E-state index in [1.54, 1.807) is 10.7 Å². The molecule has 5 heteroatoms. The molecule has 0 N–H and O–H groups in total. The lowest BCUT2D eigenvalue weighted by Gasteiger charge is -2.15. The van der Waals surface area contributed by atoms with Crippen molar-refractivity contribution in [2.75, 3.05) is 26.2 Å². The molecule has 1 saturated heterocycles. The summed E-state index contributed by atoms with van der Waals surface area (Å²) in [5, 5.41) is 4.24. The molecule has 0 atom stereocenters. The van der Waals surface area contributed by atoms with Crippen LogP contribution < -0.4 is 4.74 Å². The summed E-state index contributed by atoms with van der Waals surface area (Å²) < 4.78 is 7.57. The second-order valence-corrected chi connectivity index (χ2v) is 6.17. The second kappa shape index (κ2) is 6.48. The maximum atomic E-state index is 12.2. The summed E-state index contributed by atoms with van der Waals surface area (Å²) in [5.41, 5.74) is 1.48. The predicted octanol–water partition coefficient (Wildman–Crippen LogP) is 2.65. The third-order valence-electron chi connectivity index (χ3n) is 4.16.